The lowest BCUT2D eigenvalue weighted by Gasteiger charge is -2.35. The Hall–Kier alpha value is -3.10. The molecule has 0 bridgehead atoms. The number of nitrogens with two attached hydrogens (primary N) is 1. The summed E-state index contributed by atoms with van der Waals surface area (Å²) in [5, 5.41) is 5.59. The normalized spacial score (nSPS) is 13.0. The minimum absolute atomic E-state index is 0.00965. The van der Waals surface area contributed by atoms with Crippen LogP contribution in [-0.4, -0.2) is 52.9 Å². The number of rotatable bonds is 14. The van der Waals surface area contributed by atoms with Crippen LogP contribution in [0.4, 0.5) is 4.79 Å². The van der Waals surface area contributed by atoms with Gasteiger partial charge in [-0.25, -0.2) is 4.79 Å². The summed E-state index contributed by atoms with van der Waals surface area (Å²) >= 11 is 0. The Morgan fingerprint density at radius 1 is 1.03 bits per heavy atom. The summed E-state index contributed by atoms with van der Waals surface area (Å²) < 4.78 is 5.38. The Morgan fingerprint density at radius 2 is 1.68 bits per heavy atom. The largest absolute Gasteiger partial charge is 0.444 e. The van der Waals surface area contributed by atoms with Crippen molar-refractivity contribution in [2.75, 3.05) is 6.54 Å². The molecule has 0 aliphatic carbocycles. The molecule has 9 nitrogen and oxygen atoms in total. The highest BCUT2D eigenvalue weighted by Crippen LogP contribution is 2.28. The summed E-state index contributed by atoms with van der Waals surface area (Å²) in [5.41, 5.74) is 7.24. The van der Waals surface area contributed by atoms with E-state index in [1.54, 1.807) is 20.8 Å². The Bertz CT molecular complexity index is 955. The zero-order chi connectivity index (χ0) is 29.0. The van der Waals surface area contributed by atoms with E-state index in [0.29, 0.717) is 18.5 Å². The molecule has 1 aromatic carbocycles. The number of carbonyl (C=O) groups is 4. The smallest absolute Gasteiger partial charge is 0.408 e. The van der Waals surface area contributed by atoms with Gasteiger partial charge in [0.05, 0.1) is 0 Å². The Labute approximate surface area is 228 Å². The number of ether oxygens (including phenoxy) is 1. The molecule has 0 saturated carbocycles. The number of primary amides is 1. The number of hydrogen-bond acceptors (Lipinski definition) is 5. The second-order valence-corrected chi connectivity index (χ2v) is 11.2. The third kappa shape index (κ3) is 11.5. The minimum Gasteiger partial charge on any atom is -0.444 e. The number of alkyl carbamates (subject to hydrolysis) is 1. The van der Waals surface area contributed by atoms with E-state index in [9.17, 15) is 19.2 Å². The van der Waals surface area contributed by atoms with Gasteiger partial charge in [0, 0.05) is 19.0 Å². The summed E-state index contributed by atoms with van der Waals surface area (Å²) in [6.45, 7) is 15.2. The lowest BCUT2D eigenvalue weighted by Crippen LogP contribution is -2.54. The van der Waals surface area contributed by atoms with Crippen LogP contribution in [0.5, 0.6) is 0 Å². The molecular formula is C29H48N4O5. The van der Waals surface area contributed by atoms with Crippen molar-refractivity contribution in [3.8, 4) is 0 Å². The molecule has 0 heterocycles. The Morgan fingerprint density at radius 3 is 2.21 bits per heavy atom. The predicted octanol–water partition coefficient (Wildman–Crippen LogP) is 4.44. The molecule has 4 amide bonds. The summed E-state index contributed by atoms with van der Waals surface area (Å²) in [5.74, 6) is -1.36. The van der Waals surface area contributed by atoms with Gasteiger partial charge in [0.1, 0.15) is 17.7 Å². The molecule has 2 unspecified atom stereocenters. The van der Waals surface area contributed by atoms with Crippen LogP contribution in [0.15, 0.2) is 18.2 Å². The maximum absolute atomic E-state index is 14.1. The molecule has 0 aliphatic heterocycles. The van der Waals surface area contributed by atoms with Crippen LogP contribution < -0.4 is 16.4 Å². The van der Waals surface area contributed by atoms with Gasteiger partial charge in [0.25, 0.3) is 0 Å². The van der Waals surface area contributed by atoms with Crippen LogP contribution in [0.2, 0.25) is 0 Å². The molecule has 0 fully saturated rings. The highest BCUT2D eigenvalue weighted by molar-refractivity contribution is 5.92. The van der Waals surface area contributed by atoms with Crippen LogP contribution in [0, 0.1) is 13.8 Å². The summed E-state index contributed by atoms with van der Waals surface area (Å²) in [4.78, 5) is 53.6. The van der Waals surface area contributed by atoms with Crippen LogP contribution in [-0.2, 0) is 19.1 Å². The molecule has 0 saturated heterocycles. The van der Waals surface area contributed by atoms with Crippen LogP contribution in [0.3, 0.4) is 0 Å². The first-order chi connectivity index (χ1) is 17.7. The van der Waals surface area contributed by atoms with Gasteiger partial charge in [0.2, 0.25) is 17.7 Å². The first kappa shape index (κ1) is 32.9. The topological polar surface area (TPSA) is 131 Å². The van der Waals surface area contributed by atoms with Crippen molar-refractivity contribution in [2.45, 2.75) is 118 Å². The molecule has 0 spiro atoms. The summed E-state index contributed by atoms with van der Waals surface area (Å²) in [6, 6.07) is 3.63. The van der Waals surface area contributed by atoms with Gasteiger partial charge in [-0.2, -0.15) is 0 Å². The van der Waals surface area contributed by atoms with E-state index in [4.69, 9.17) is 10.5 Å². The molecule has 38 heavy (non-hydrogen) atoms. The number of nitrogens with one attached hydrogen (secondary N) is 2. The monoisotopic (exact) mass is 532 g/mol. The maximum Gasteiger partial charge on any atom is 0.408 e. The minimum atomic E-state index is -1.09. The summed E-state index contributed by atoms with van der Waals surface area (Å²) in [6.07, 6.45) is 2.69. The lowest BCUT2D eigenvalue weighted by atomic mass is 9.95. The molecule has 1 aromatic rings. The number of hydrogen-bond donors (Lipinski definition) is 3. The molecule has 0 aromatic heterocycles. The molecular weight excluding hydrogens is 484 g/mol. The average Bonchev–Trinajstić information content (AvgIpc) is 2.77. The third-order valence-corrected chi connectivity index (χ3v) is 5.91. The SMILES string of the molecule is CCCCCCN(C(=O)C(CCC(N)=O)NC(=O)OC(C)(C)C)C(C(=O)NC(C)C)c1ccc(C)cc1C. The molecule has 4 N–H and O–H groups in total. The van der Waals surface area contributed by atoms with Crippen LogP contribution in [0.25, 0.3) is 0 Å². The first-order valence-corrected chi connectivity index (χ1v) is 13.6. The molecule has 0 aliphatic rings. The zero-order valence-electron chi connectivity index (χ0n) is 24.5. The molecule has 0 radical (unpaired) electrons. The number of nitrogens with zero attached hydrogens (tertiary/aromatic N) is 1. The first-order valence-electron chi connectivity index (χ1n) is 13.6. The maximum atomic E-state index is 14.1. The van der Waals surface area contributed by atoms with Gasteiger partial charge in [0.15, 0.2) is 0 Å². The van der Waals surface area contributed by atoms with E-state index >= 15 is 0 Å². The van der Waals surface area contributed by atoms with Gasteiger partial charge in [-0.05, 0) is 72.4 Å². The van der Waals surface area contributed by atoms with Crippen molar-refractivity contribution < 1.29 is 23.9 Å². The van der Waals surface area contributed by atoms with Gasteiger partial charge in [-0.15, -0.1) is 0 Å². The van der Waals surface area contributed by atoms with Crippen LogP contribution in [0.1, 0.15) is 103 Å². The van der Waals surface area contributed by atoms with E-state index in [2.05, 4.69) is 17.6 Å². The van der Waals surface area contributed by atoms with Gasteiger partial charge in [-0.3, -0.25) is 14.4 Å². The number of benzene rings is 1. The van der Waals surface area contributed by atoms with Gasteiger partial charge < -0.3 is 26.0 Å². The molecule has 2 atom stereocenters. The van der Waals surface area contributed by atoms with E-state index in [-0.39, 0.29) is 24.8 Å². The zero-order valence-corrected chi connectivity index (χ0v) is 24.5. The highest BCUT2D eigenvalue weighted by Gasteiger charge is 2.37. The van der Waals surface area contributed by atoms with Crippen molar-refractivity contribution in [3.63, 3.8) is 0 Å². The van der Waals surface area contributed by atoms with Crippen molar-refractivity contribution in [1.82, 2.24) is 15.5 Å². The van der Waals surface area contributed by atoms with Crippen molar-refractivity contribution >= 4 is 23.8 Å². The Balaban J connectivity index is 3.55. The fraction of sp³-hybridized carbons (Fsp3) is 0.655. The van der Waals surface area contributed by atoms with E-state index in [1.165, 1.54) is 4.90 Å². The number of amides is 4. The molecule has 214 valence electrons. The average molecular weight is 533 g/mol. The predicted molar refractivity (Wildman–Crippen MR) is 149 cm³/mol. The summed E-state index contributed by atoms with van der Waals surface area (Å²) in [7, 11) is 0. The third-order valence-electron chi connectivity index (χ3n) is 5.91. The number of aryl methyl sites for hydroxylation is 2. The fourth-order valence-electron chi connectivity index (χ4n) is 4.22. The molecule has 9 heteroatoms. The van der Waals surface area contributed by atoms with Gasteiger partial charge >= 0.3 is 6.09 Å². The molecule has 1 rings (SSSR count). The second kappa shape index (κ2) is 15.3. The van der Waals surface area contributed by atoms with Crippen molar-refractivity contribution in [1.29, 1.82) is 0 Å². The number of carbonyl (C=O) groups excluding carboxylic acids is 4. The van der Waals surface area contributed by atoms with Crippen molar-refractivity contribution in [3.05, 3.63) is 34.9 Å². The fourth-order valence-corrected chi connectivity index (χ4v) is 4.22. The second-order valence-electron chi connectivity index (χ2n) is 11.2. The van der Waals surface area contributed by atoms with Crippen molar-refractivity contribution in [2.24, 2.45) is 5.73 Å². The highest BCUT2D eigenvalue weighted by atomic mass is 16.6. The van der Waals surface area contributed by atoms with E-state index in [0.717, 1.165) is 30.4 Å². The van der Waals surface area contributed by atoms with Gasteiger partial charge in [-0.1, -0.05) is 49.9 Å². The Kier molecular flexibility index (Phi) is 13.3. The standard InChI is InChI=1S/C29H48N4O5/c1-9-10-11-12-17-33(25(26(35)31-19(2)3)22-14-13-20(4)18-21(22)5)27(36)23(15-16-24(30)34)32-28(37)38-29(6,7)8/h13-14,18-19,23,25H,9-12,15-17H2,1-8H3,(H2,30,34)(H,31,35)(H,32,37). The quantitative estimate of drug-likeness (QED) is 0.305. The van der Waals surface area contributed by atoms with Crippen LogP contribution >= 0.6 is 0 Å². The lowest BCUT2D eigenvalue weighted by molar-refractivity contribution is -0.143. The van der Waals surface area contributed by atoms with E-state index in [1.807, 2.05) is 45.9 Å². The number of unbranched alkanes of at least 4 members (excludes halogenated alkanes) is 3. The van der Waals surface area contributed by atoms with E-state index < -0.39 is 35.6 Å².